The highest BCUT2D eigenvalue weighted by Gasteiger charge is 2.50. The molecule has 2 heterocycles. The fourth-order valence-electron chi connectivity index (χ4n) is 4.09. The van der Waals surface area contributed by atoms with Gasteiger partial charge in [-0.15, -0.1) is 0 Å². The molecule has 0 spiro atoms. The number of hydrogen-bond acceptors (Lipinski definition) is 3. The van der Waals surface area contributed by atoms with Crippen LogP contribution in [0, 0.1) is 24.5 Å². The number of halogens is 2. The van der Waals surface area contributed by atoms with Gasteiger partial charge in [0, 0.05) is 23.7 Å². The summed E-state index contributed by atoms with van der Waals surface area (Å²) in [6.45, 7) is 2.23. The second-order valence-electron chi connectivity index (χ2n) is 7.48. The van der Waals surface area contributed by atoms with Crippen LogP contribution in [-0.2, 0) is 13.0 Å². The molecule has 0 bridgehead atoms. The third kappa shape index (κ3) is 2.69. The van der Waals surface area contributed by atoms with Crippen molar-refractivity contribution in [1.29, 1.82) is 0 Å². The van der Waals surface area contributed by atoms with Crippen LogP contribution in [0.3, 0.4) is 0 Å². The number of nitrogens with one attached hydrogen (secondary N) is 1. The smallest absolute Gasteiger partial charge is 0.272 e. The van der Waals surface area contributed by atoms with Crippen LogP contribution in [-0.4, -0.2) is 20.7 Å². The van der Waals surface area contributed by atoms with Gasteiger partial charge in [0.1, 0.15) is 11.5 Å². The first-order chi connectivity index (χ1) is 13.5. The molecule has 2 aliphatic carbocycles. The molecule has 3 aromatic rings. The van der Waals surface area contributed by atoms with Crippen molar-refractivity contribution >= 4 is 5.91 Å². The van der Waals surface area contributed by atoms with Gasteiger partial charge in [-0.05, 0) is 49.4 Å². The lowest BCUT2D eigenvalue weighted by molar-refractivity contribution is 0.0944. The van der Waals surface area contributed by atoms with Crippen molar-refractivity contribution in [3.8, 4) is 5.69 Å². The van der Waals surface area contributed by atoms with Crippen molar-refractivity contribution in [1.82, 2.24) is 20.1 Å². The van der Waals surface area contributed by atoms with Crippen LogP contribution in [0.25, 0.3) is 5.69 Å². The van der Waals surface area contributed by atoms with E-state index < -0.39 is 11.6 Å². The fourth-order valence-corrected chi connectivity index (χ4v) is 4.09. The summed E-state index contributed by atoms with van der Waals surface area (Å²) in [5, 5.41) is 7.30. The number of rotatable bonds is 4. The normalized spacial score (nSPS) is 19.2. The Balaban J connectivity index is 1.48. The van der Waals surface area contributed by atoms with Crippen LogP contribution in [0.4, 0.5) is 8.78 Å². The maximum absolute atomic E-state index is 14.4. The summed E-state index contributed by atoms with van der Waals surface area (Å²) in [5.41, 5.74) is 4.03. The highest BCUT2D eigenvalue weighted by Crippen LogP contribution is 2.57. The van der Waals surface area contributed by atoms with E-state index in [1.807, 2.05) is 19.1 Å². The van der Waals surface area contributed by atoms with Gasteiger partial charge in [-0.1, -0.05) is 6.07 Å². The average Bonchev–Trinajstić information content (AvgIpc) is 3.17. The zero-order valence-electron chi connectivity index (χ0n) is 15.2. The number of aromatic nitrogens is 3. The predicted molar refractivity (Wildman–Crippen MR) is 98.2 cm³/mol. The summed E-state index contributed by atoms with van der Waals surface area (Å²) in [6.07, 6.45) is 3.48. The Morgan fingerprint density at radius 1 is 1.32 bits per heavy atom. The maximum Gasteiger partial charge on any atom is 0.272 e. The van der Waals surface area contributed by atoms with Gasteiger partial charge in [0.15, 0.2) is 11.5 Å². The van der Waals surface area contributed by atoms with E-state index in [0.29, 0.717) is 24.1 Å². The highest BCUT2D eigenvalue weighted by molar-refractivity contribution is 5.94. The van der Waals surface area contributed by atoms with Gasteiger partial charge >= 0.3 is 0 Å². The molecule has 1 fully saturated rings. The Bertz CT molecular complexity index is 1110. The minimum Gasteiger partial charge on any atom is -0.345 e. The van der Waals surface area contributed by atoms with Crippen LogP contribution >= 0.6 is 0 Å². The van der Waals surface area contributed by atoms with E-state index >= 15 is 0 Å². The first kappa shape index (κ1) is 17.0. The summed E-state index contributed by atoms with van der Waals surface area (Å²) in [6, 6.07) is 7.19. The van der Waals surface area contributed by atoms with E-state index in [1.165, 1.54) is 16.8 Å². The molecular weight excluding hydrogens is 362 g/mol. The molecule has 1 saturated carbocycles. The monoisotopic (exact) mass is 380 g/mol. The Labute approximate surface area is 160 Å². The summed E-state index contributed by atoms with van der Waals surface area (Å²) in [7, 11) is 0. The second kappa shape index (κ2) is 6.22. The summed E-state index contributed by atoms with van der Waals surface area (Å²) in [5.74, 6) is -0.841. The van der Waals surface area contributed by atoms with Crippen LogP contribution in [0.15, 0.2) is 36.5 Å². The Morgan fingerprint density at radius 2 is 2.18 bits per heavy atom. The zero-order valence-corrected chi connectivity index (χ0v) is 15.2. The minimum atomic E-state index is -0.689. The number of fused-ring (bicyclic) bond motifs is 3. The topological polar surface area (TPSA) is 59.8 Å². The van der Waals surface area contributed by atoms with Gasteiger partial charge < -0.3 is 5.32 Å². The number of carbonyl (C=O) groups excluding carboxylic acids is 1. The third-order valence-corrected chi connectivity index (χ3v) is 5.65. The first-order valence-electron chi connectivity index (χ1n) is 9.29. The number of carbonyl (C=O) groups is 1. The van der Waals surface area contributed by atoms with Gasteiger partial charge in [-0.25, -0.2) is 13.5 Å². The SMILES string of the molecule is Cc1cccnc1CNC(=O)c1nn(-c2ccc(F)cc2F)c2c1C[C@H]1C[C@@H]21. The number of nitrogens with zero attached hydrogens (tertiary/aromatic N) is 3. The van der Waals surface area contributed by atoms with Crippen molar-refractivity contribution in [2.24, 2.45) is 5.92 Å². The number of aryl methyl sites for hydroxylation is 1. The van der Waals surface area contributed by atoms with Gasteiger partial charge in [0.2, 0.25) is 0 Å². The summed E-state index contributed by atoms with van der Waals surface area (Å²) in [4.78, 5) is 17.1. The molecule has 2 aromatic heterocycles. The van der Waals surface area contributed by atoms with E-state index in [-0.39, 0.29) is 11.6 Å². The van der Waals surface area contributed by atoms with E-state index in [2.05, 4.69) is 15.4 Å². The molecule has 1 amide bonds. The van der Waals surface area contributed by atoms with Crippen LogP contribution in [0.2, 0.25) is 0 Å². The molecule has 2 aliphatic rings. The standard InChI is InChI=1S/C21H18F2N4O/c1-11-3-2-6-24-17(11)10-25-21(28)19-15-8-12-7-14(12)20(15)27(26-19)18-5-4-13(22)9-16(18)23/h2-6,9,12,14H,7-8,10H2,1H3,(H,25,28)/t12-,14-/m1/s1. The van der Waals surface area contributed by atoms with Crippen LogP contribution in [0.1, 0.15) is 45.3 Å². The molecule has 142 valence electrons. The Kier molecular flexibility index (Phi) is 3.79. The molecule has 5 rings (SSSR count). The summed E-state index contributed by atoms with van der Waals surface area (Å²) >= 11 is 0. The Hall–Kier alpha value is -3.09. The molecule has 0 saturated heterocycles. The molecule has 2 atom stereocenters. The number of pyridine rings is 1. The van der Waals surface area contributed by atoms with E-state index in [9.17, 15) is 13.6 Å². The van der Waals surface area contributed by atoms with Crippen molar-refractivity contribution in [3.05, 3.63) is 76.4 Å². The first-order valence-corrected chi connectivity index (χ1v) is 9.29. The van der Waals surface area contributed by atoms with E-state index in [1.54, 1.807) is 6.20 Å². The summed E-state index contributed by atoms with van der Waals surface area (Å²) < 4.78 is 29.2. The van der Waals surface area contributed by atoms with E-state index in [4.69, 9.17) is 0 Å². The van der Waals surface area contributed by atoms with Crippen LogP contribution < -0.4 is 5.32 Å². The highest BCUT2D eigenvalue weighted by atomic mass is 19.1. The lowest BCUT2D eigenvalue weighted by Crippen LogP contribution is -2.25. The molecule has 0 unspecified atom stereocenters. The second-order valence-corrected chi connectivity index (χ2v) is 7.48. The van der Waals surface area contributed by atoms with Crippen molar-refractivity contribution < 1.29 is 13.6 Å². The maximum atomic E-state index is 14.4. The third-order valence-electron chi connectivity index (χ3n) is 5.65. The lowest BCUT2D eigenvalue weighted by Gasteiger charge is -2.07. The Morgan fingerprint density at radius 3 is 2.96 bits per heavy atom. The molecule has 1 aromatic carbocycles. The minimum absolute atomic E-state index is 0.171. The van der Waals surface area contributed by atoms with Crippen molar-refractivity contribution in [2.75, 3.05) is 0 Å². The van der Waals surface area contributed by atoms with Gasteiger partial charge in [0.25, 0.3) is 5.91 Å². The van der Waals surface area contributed by atoms with Crippen molar-refractivity contribution in [2.45, 2.75) is 32.2 Å². The van der Waals surface area contributed by atoms with Crippen LogP contribution in [0.5, 0.6) is 0 Å². The molecular formula is C21H18F2N4O. The average molecular weight is 380 g/mol. The molecule has 5 nitrogen and oxygen atoms in total. The number of benzene rings is 1. The molecule has 0 aliphatic heterocycles. The number of hydrogen-bond donors (Lipinski definition) is 1. The largest absolute Gasteiger partial charge is 0.345 e. The fraction of sp³-hybridized carbons (Fsp3) is 0.286. The van der Waals surface area contributed by atoms with Gasteiger partial charge in [0.05, 0.1) is 17.9 Å². The number of amides is 1. The molecule has 0 radical (unpaired) electrons. The molecule has 1 N–H and O–H groups in total. The van der Waals surface area contributed by atoms with Gasteiger partial charge in [-0.2, -0.15) is 5.10 Å². The van der Waals surface area contributed by atoms with Gasteiger partial charge in [-0.3, -0.25) is 9.78 Å². The predicted octanol–water partition coefficient (Wildman–Crippen LogP) is 3.44. The van der Waals surface area contributed by atoms with Crippen molar-refractivity contribution in [3.63, 3.8) is 0 Å². The zero-order chi connectivity index (χ0) is 19.4. The quantitative estimate of drug-likeness (QED) is 0.754. The van der Waals surface area contributed by atoms with E-state index in [0.717, 1.165) is 41.4 Å². The lowest BCUT2D eigenvalue weighted by atomic mass is 10.1. The molecule has 7 heteroatoms. The molecule has 28 heavy (non-hydrogen) atoms.